The van der Waals surface area contributed by atoms with E-state index in [1.165, 1.54) is 18.3 Å². The molecule has 6 heteroatoms. The SMILES string of the molecule is O=C(N/N=C/c1ccccc1F)c1ccc(-c2cc(=O)c3ccccc3o2)cc1. The van der Waals surface area contributed by atoms with Gasteiger partial charge in [0, 0.05) is 22.8 Å². The van der Waals surface area contributed by atoms with Gasteiger partial charge in [0.2, 0.25) is 0 Å². The molecule has 0 fully saturated rings. The number of halogens is 1. The summed E-state index contributed by atoms with van der Waals surface area (Å²) in [7, 11) is 0. The van der Waals surface area contributed by atoms with Crippen LogP contribution in [0.2, 0.25) is 0 Å². The van der Waals surface area contributed by atoms with Gasteiger partial charge in [-0.05, 0) is 30.3 Å². The Balaban J connectivity index is 1.51. The lowest BCUT2D eigenvalue weighted by molar-refractivity contribution is 0.0955. The van der Waals surface area contributed by atoms with Crippen LogP contribution in [0.5, 0.6) is 0 Å². The molecular weight excluding hydrogens is 371 g/mol. The van der Waals surface area contributed by atoms with Crippen LogP contribution in [0.1, 0.15) is 15.9 Å². The summed E-state index contributed by atoms with van der Waals surface area (Å²) < 4.78 is 19.3. The van der Waals surface area contributed by atoms with Crippen molar-refractivity contribution in [1.29, 1.82) is 0 Å². The summed E-state index contributed by atoms with van der Waals surface area (Å²) in [5, 5.41) is 4.29. The number of carbonyl (C=O) groups excluding carboxylic acids is 1. The highest BCUT2D eigenvalue weighted by atomic mass is 19.1. The number of carbonyl (C=O) groups is 1. The second-order valence-electron chi connectivity index (χ2n) is 6.27. The predicted molar refractivity (Wildman–Crippen MR) is 109 cm³/mol. The van der Waals surface area contributed by atoms with E-state index in [9.17, 15) is 14.0 Å². The monoisotopic (exact) mass is 386 g/mol. The first-order valence-electron chi connectivity index (χ1n) is 8.83. The molecule has 0 aliphatic rings. The molecule has 4 aromatic rings. The minimum Gasteiger partial charge on any atom is -0.456 e. The number of hydrazone groups is 1. The fraction of sp³-hybridized carbons (Fsp3) is 0. The van der Waals surface area contributed by atoms with E-state index in [1.807, 2.05) is 0 Å². The Hall–Kier alpha value is -4.06. The maximum absolute atomic E-state index is 13.5. The summed E-state index contributed by atoms with van der Waals surface area (Å²) in [5.74, 6) is -0.450. The number of rotatable bonds is 4. The van der Waals surface area contributed by atoms with Gasteiger partial charge in [0.25, 0.3) is 5.91 Å². The zero-order chi connectivity index (χ0) is 20.2. The maximum Gasteiger partial charge on any atom is 0.271 e. The van der Waals surface area contributed by atoms with Gasteiger partial charge in [-0.25, -0.2) is 9.82 Å². The standard InChI is InChI=1S/C23H15FN2O3/c24-19-7-3-1-5-17(19)14-25-26-23(28)16-11-9-15(10-12-16)22-13-20(27)18-6-2-4-8-21(18)29-22/h1-14H,(H,26,28)/b25-14+. The molecule has 1 heterocycles. The molecule has 1 N–H and O–H groups in total. The van der Waals surface area contributed by atoms with Crippen molar-refractivity contribution in [2.75, 3.05) is 0 Å². The normalized spacial score (nSPS) is 11.1. The van der Waals surface area contributed by atoms with Crippen LogP contribution in [0.25, 0.3) is 22.3 Å². The Kier molecular flexibility index (Phi) is 4.99. The second kappa shape index (κ2) is 7.90. The molecule has 0 saturated heterocycles. The van der Waals surface area contributed by atoms with Crippen LogP contribution in [0.15, 0.2) is 93.2 Å². The smallest absolute Gasteiger partial charge is 0.271 e. The summed E-state index contributed by atoms with van der Waals surface area (Å²) >= 11 is 0. The van der Waals surface area contributed by atoms with Crippen molar-refractivity contribution in [2.45, 2.75) is 0 Å². The van der Waals surface area contributed by atoms with Crippen molar-refractivity contribution >= 4 is 23.1 Å². The van der Waals surface area contributed by atoms with E-state index in [2.05, 4.69) is 10.5 Å². The number of para-hydroxylation sites is 1. The summed E-state index contributed by atoms with van der Waals surface area (Å²) in [5.41, 5.74) is 4.03. The molecule has 142 valence electrons. The highest BCUT2D eigenvalue weighted by Gasteiger charge is 2.09. The molecule has 1 aromatic heterocycles. The molecule has 4 rings (SSSR count). The first kappa shape index (κ1) is 18.3. The summed E-state index contributed by atoms with van der Waals surface area (Å²) in [6.45, 7) is 0. The Morgan fingerprint density at radius 2 is 1.69 bits per heavy atom. The number of nitrogens with zero attached hydrogens (tertiary/aromatic N) is 1. The molecule has 0 radical (unpaired) electrons. The first-order chi connectivity index (χ1) is 14.1. The van der Waals surface area contributed by atoms with Crippen LogP contribution in [-0.2, 0) is 0 Å². The Morgan fingerprint density at radius 1 is 0.966 bits per heavy atom. The molecule has 5 nitrogen and oxygen atoms in total. The fourth-order valence-electron chi connectivity index (χ4n) is 2.84. The lowest BCUT2D eigenvalue weighted by atomic mass is 10.1. The lowest BCUT2D eigenvalue weighted by Gasteiger charge is -2.05. The minimum absolute atomic E-state index is 0.133. The van der Waals surface area contributed by atoms with Crippen LogP contribution < -0.4 is 10.9 Å². The summed E-state index contributed by atoms with van der Waals surface area (Å²) in [4.78, 5) is 24.4. The third-order valence-electron chi connectivity index (χ3n) is 4.34. The van der Waals surface area contributed by atoms with E-state index >= 15 is 0 Å². The third kappa shape index (κ3) is 3.96. The van der Waals surface area contributed by atoms with Gasteiger partial charge >= 0.3 is 0 Å². The van der Waals surface area contributed by atoms with Gasteiger partial charge in [-0.3, -0.25) is 9.59 Å². The maximum atomic E-state index is 13.5. The average Bonchev–Trinajstić information content (AvgIpc) is 2.75. The number of nitrogens with one attached hydrogen (secondary N) is 1. The molecule has 0 saturated carbocycles. The van der Waals surface area contributed by atoms with Crippen molar-refractivity contribution in [3.05, 3.63) is 106 Å². The largest absolute Gasteiger partial charge is 0.456 e. The van der Waals surface area contributed by atoms with E-state index in [1.54, 1.807) is 66.7 Å². The summed E-state index contributed by atoms with van der Waals surface area (Å²) in [6, 6.07) is 21.1. The molecule has 0 bridgehead atoms. The van der Waals surface area contributed by atoms with Crippen molar-refractivity contribution < 1.29 is 13.6 Å². The highest BCUT2D eigenvalue weighted by molar-refractivity contribution is 5.95. The molecule has 0 atom stereocenters. The van der Waals surface area contributed by atoms with Gasteiger partial charge in [0.1, 0.15) is 17.2 Å². The predicted octanol–water partition coefficient (Wildman–Crippen LogP) is 4.36. The zero-order valence-electron chi connectivity index (χ0n) is 15.1. The number of amides is 1. The number of benzene rings is 3. The van der Waals surface area contributed by atoms with E-state index in [0.29, 0.717) is 27.9 Å². The van der Waals surface area contributed by atoms with E-state index in [0.717, 1.165) is 0 Å². The van der Waals surface area contributed by atoms with Crippen molar-refractivity contribution in [3.8, 4) is 11.3 Å². The second-order valence-corrected chi connectivity index (χ2v) is 6.27. The molecular formula is C23H15FN2O3. The molecule has 29 heavy (non-hydrogen) atoms. The average molecular weight is 386 g/mol. The Labute approximate surface area is 165 Å². The van der Waals surface area contributed by atoms with Crippen molar-refractivity contribution in [2.24, 2.45) is 5.10 Å². The van der Waals surface area contributed by atoms with Crippen molar-refractivity contribution in [3.63, 3.8) is 0 Å². The zero-order valence-corrected chi connectivity index (χ0v) is 15.1. The van der Waals surface area contributed by atoms with Gasteiger partial charge in [-0.1, -0.05) is 42.5 Å². The van der Waals surface area contributed by atoms with Gasteiger partial charge in [0.05, 0.1) is 11.6 Å². The third-order valence-corrected chi connectivity index (χ3v) is 4.34. The van der Waals surface area contributed by atoms with Gasteiger partial charge in [-0.15, -0.1) is 0 Å². The first-order valence-corrected chi connectivity index (χ1v) is 8.83. The van der Waals surface area contributed by atoms with Crippen LogP contribution in [0.3, 0.4) is 0 Å². The molecule has 0 unspecified atom stereocenters. The topological polar surface area (TPSA) is 71.7 Å². The van der Waals surface area contributed by atoms with E-state index < -0.39 is 11.7 Å². The number of fused-ring (bicyclic) bond motifs is 1. The summed E-state index contributed by atoms with van der Waals surface area (Å²) in [6.07, 6.45) is 1.24. The molecule has 0 spiro atoms. The molecule has 3 aromatic carbocycles. The van der Waals surface area contributed by atoms with Crippen molar-refractivity contribution in [1.82, 2.24) is 5.43 Å². The Morgan fingerprint density at radius 3 is 2.48 bits per heavy atom. The van der Waals surface area contributed by atoms with Gasteiger partial charge in [-0.2, -0.15) is 5.10 Å². The quantitative estimate of drug-likeness (QED) is 0.418. The van der Waals surface area contributed by atoms with Crippen LogP contribution >= 0.6 is 0 Å². The number of hydrogen-bond acceptors (Lipinski definition) is 4. The lowest BCUT2D eigenvalue weighted by Crippen LogP contribution is -2.17. The molecule has 1 amide bonds. The van der Waals surface area contributed by atoms with Crippen LogP contribution in [0.4, 0.5) is 4.39 Å². The highest BCUT2D eigenvalue weighted by Crippen LogP contribution is 2.22. The van der Waals surface area contributed by atoms with E-state index in [-0.39, 0.29) is 11.0 Å². The van der Waals surface area contributed by atoms with E-state index in [4.69, 9.17) is 4.42 Å². The van der Waals surface area contributed by atoms with Gasteiger partial charge in [0.15, 0.2) is 5.43 Å². The Bertz CT molecular complexity index is 1280. The molecule has 0 aliphatic carbocycles. The molecule has 0 aliphatic heterocycles. The van der Waals surface area contributed by atoms with Crippen LogP contribution in [0, 0.1) is 5.82 Å². The number of hydrogen-bond donors (Lipinski definition) is 1. The van der Waals surface area contributed by atoms with Crippen LogP contribution in [-0.4, -0.2) is 12.1 Å². The van der Waals surface area contributed by atoms with Gasteiger partial charge < -0.3 is 4.42 Å². The minimum atomic E-state index is -0.441. The fourth-order valence-corrected chi connectivity index (χ4v) is 2.84.